The van der Waals surface area contributed by atoms with Crippen LogP contribution in [0.4, 0.5) is 0 Å². The van der Waals surface area contributed by atoms with E-state index in [0.29, 0.717) is 10.7 Å². The van der Waals surface area contributed by atoms with Crippen LogP contribution in [0.2, 0.25) is 5.02 Å². The van der Waals surface area contributed by atoms with Gasteiger partial charge < -0.3 is 4.90 Å². The molecule has 5 heteroatoms. The lowest BCUT2D eigenvalue weighted by atomic mass is 10.0. The van der Waals surface area contributed by atoms with E-state index in [1.807, 2.05) is 53.4 Å². The van der Waals surface area contributed by atoms with Crippen molar-refractivity contribution in [1.82, 2.24) is 15.1 Å². The molecule has 1 aromatic heterocycles. The molecule has 1 fully saturated rings. The summed E-state index contributed by atoms with van der Waals surface area (Å²) in [6, 6.07) is 15.5. The number of amides is 1. The maximum Gasteiger partial charge on any atom is 0.275 e. The molecule has 1 amide bonds. The van der Waals surface area contributed by atoms with Gasteiger partial charge in [-0.15, -0.1) is 0 Å². The number of fused-ring (bicyclic) bond motifs is 1. The lowest BCUT2D eigenvalue weighted by Gasteiger charge is -2.25. The first-order chi connectivity index (χ1) is 11.3. The van der Waals surface area contributed by atoms with Crippen LogP contribution in [0.25, 0.3) is 10.9 Å². The fraction of sp³-hybridized carbons (Fsp3) is 0.222. The predicted octanol–water partition coefficient (Wildman–Crippen LogP) is 4.19. The first kappa shape index (κ1) is 14.3. The summed E-state index contributed by atoms with van der Waals surface area (Å²) in [5.74, 6) is -0.0372. The lowest BCUT2D eigenvalue weighted by molar-refractivity contribution is 0.0731. The lowest BCUT2D eigenvalue weighted by Crippen LogP contribution is -2.31. The van der Waals surface area contributed by atoms with Crippen LogP contribution in [-0.4, -0.2) is 27.5 Å². The molecule has 0 saturated carbocycles. The van der Waals surface area contributed by atoms with Crippen molar-refractivity contribution in [3.05, 3.63) is 64.8 Å². The quantitative estimate of drug-likeness (QED) is 0.768. The molecule has 0 spiro atoms. The zero-order valence-corrected chi connectivity index (χ0v) is 13.3. The molecule has 23 heavy (non-hydrogen) atoms. The molecule has 4 nitrogen and oxygen atoms in total. The van der Waals surface area contributed by atoms with Gasteiger partial charge in [-0.25, -0.2) is 0 Å². The molecule has 116 valence electrons. The van der Waals surface area contributed by atoms with Crippen LogP contribution < -0.4 is 0 Å². The van der Waals surface area contributed by atoms with E-state index >= 15 is 0 Å². The number of likely N-dealkylation sites (tertiary alicyclic amines) is 1. The summed E-state index contributed by atoms with van der Waals surface area (Å²) < 4.78 is 0. The number of halogens is 1. The summed E-state index contributed by atoms with van der Waals surface area (Å²) in [5, 5.41) is 8.75. The number of carbonyl (C=O) groups is 1. The highest BCUT2D eigenvalue weighted by Crippen LogP contribution is 2.36. The summed E-state index contributed by atoms with van der Waals surface area (Å²) >= 11 is 6.33. The molecule has 1 aliphatic heterocycles. The smallest absolute Gasteiger partial charge is 0.275 e. The maximum absolute atomic E-state index is 13.0. The van der Waals surface area contributed by atoms with Crippen LogP contribution in [0, 0.1) is 0 Å². The Bertz CT molecular complexity index is 873. The second kappa shape index (κ2) is 5.70. The van der Waals surface area contributed by atoms with Crippen molar-refractivity contribution in [3.8, 4) is 0 Å². The van der Waals surface area contributed by atoms with Gasteiger partial charge in [0.1, 0.15) is 0 Å². The third kappa shape index (κ3) is 2.39. The molecule has 3 aromatic rings. The molecule has 1 aliphatic rings. The Hall–Kier alpha value is -2.33. The highest BCUT2D eigenvalue weighted by Gasteiger charge is 2.33. The number of nitrogens with zero attached hydrogens (tertiary/aromatic N) is 2. The Morgan fingerprint density at radius 2 is 1.96 bits per heavy atom. The zero-order chi connectivity index (χ0) is 15.8. The highest BCUT2D eigenvalue weighted by molar-refractivity contribution is 6.31. The number of aromatic nitrogens is 2. The Labute approximate surface area is 139 Å². The van der Waals surface area contributed by atoms with Crippen molar-refractivity contribution in [3.63, 3.8) is 0 Å². The first-order valence-corrected chi connectivity index (χ1v) is 8.12. The van der Waals surface area contributed by atoms with Crippen molar-refractivity contribution < 1.29 is 4.79 Å². The summed E-state index contributed by atoms with van der Waals surface area (Å²) in [6.07, 6.45) is 1.90. The normalized spacial score (nSPS) is 17.8. The monoisotopic (exact) mass is 325 g/mol. The molecule has 2 aromatic carbocycles. The van der Waals surface area contributed by atoms with Crippen molar-refractivity contribution in [2.24, 2.45) is 0 Å². The molecular formula is C18H16ClN3O. The Morgan fingerprint density at radius 3 is 2.83 bits per heavy atom. The average Bonchev–Trinajstić information content (AvgIpc) is 3.22. The van der Waals surface area contributed by atoms with Crippen molar-refractivity contribution in [2.75, 3.05) is 6.54 Å². The minimum absolute atomic E-state index is 0.0201. The Balaban J connectivity index is 1.71. The van der Waals surface area contributed by atoms with Crippen LogP contribution >= 0.6 is 11.6 Å². The number of benzene rings is 2. The van der Waals surface area contributed by atoms with Gasteiger partial charge in [-0.3, -0.25) is 9.89 Å². The number of aromatic amines is 1. The molecule has 4 rings (SSSR count). The van der Waals surface area contributed by atoms with E-state index in [-0.39, 0.29) is 11.9 Å². The molecule has 1 saturated heterocycles. The number of nitrogens with one attached hydrogen (secondary N) is 1. The summed E-state index contributed by atoms with van der Waals surface area (Å²) in [5.41, 5.74) is 2.38. The van der Waals surface area contributed by atoms with E-state index in [4.69, 9.17) is 11.6 Å². The van der Waals surface area contributed by atoms with E-state index in [0.717, 1.165) is 35.9 Å². The Morgan fingerprint density at radius 1 is 1.17 bits per heavy atom. The fourth-order valence-electron chi connectivity index (χ4n) is 3.34. The van der Waals surface area contributed by atoms with Crippen LogP contribution in [0.1, 0.15) is 34.9 Å². The second-order valence-electron chi connectivity index (χ2n) is 5.80. The van der Waals surface area contributed by atoms with Gasteiger partial charge in [0.25, 0.3) is 5.91 Å². The summed E-state index contributed by atoms with van der Waals surface area (Å²) in [7, 11) is 0. The van der Waals surface area contributed by atoms with Crippen LogP contribution in [0.5, 0.6) is 0 Å². The van der Waals surface area contributed by atoms with E-state index in [2.05, 4.69) is 10.2 Å². The summed E-state index contributed by atoms with van der Waals surface area (Å²) in [6.45, 7) is 0.732. The van der Waals surface area contributed by atoms with E-state index in [1.165, 1.54) is 0 Å². The standard InChI is InChI=1S/C18H16ClN3O/c19-14-8-3-1-6-12(14)16-10-5-11-22(16)18(23)17-13-7-2-4-9-15(13)20-21-17/h1-4,6-9,16H,5,10-11H2,(H,20,21)/t16-/m1/s1. The Kier molecular flexibility index (Phi) is 3.54. The molecule has 2 heterocycles. The highest BCUT2D eigenvalue weighted by atomic mass is 35.5. The number of carbonyl (C=O) groups excluding carboxylic acids is 1. The van der Waals surface area contributed by atoms with Crippen LogP contribution in [-0.2, 0) is 0 Å². The van der Waals surface area contributed by atoms with Gasteiger partial charge in [0.05, 0.1) is 11.6 Å². The maximum atomic E-state index is 13.0. The molecule has 0 bridgehead atoms. The molecule has 1 atom stereocenters. The molecule has 0 radical (unpaired) electrons. The van der Waals surface area contributed by atoms with Gasteiger partial charge in [0.15, 0.2) is 5.69 Å². The number of hydrogen-bond donors (Lipinski definition) is 1. The van der Waals surface area contributed by atoms with E-state index in [9.17, 15) is 4.79 Å². The number of rotatable bonds is 2. The fourth-order valence-corrected chi connectivity index (χ4v) is 3.60. The topological polar surface area (TPSA) is 49.0 Å². The van der Waals surface area contributed by atoms with E-state index < -0.39 is 0 Å². The van der Waals surface area contributed by atoms with Gasteiger partial charge in [0.2, 0.25) is 0 Å². The molecule has 0 unspecified atom stereocenters. The number of H-pyrrole nitrogens is 1. The minimum Gasteiger partial charge on any atom is -0.330 e. The SMILES string of the molecule is O=C(c1n[nH]c2ccccc12)N1CCC[C@@H]1c1ccccc1Cl. The molecular weight excluding hydrogens is 310 g/mol. The van der Waals surface area contributed by atoms with Crippen LogP contribution in [0.3, 0.4) is 0 Å². The first-order valence-electron chi connectivity index (χ1n) is 7.74. The summed E-state index contributed by atoms with van der Waals surface area (Å²) in [4.78, 5) is 14.9. The number of hydrogen-bond acceptors (Lipinski definition) is 2. The van der Waals surface area contributed by atoms with Gasteiger partial charge in [0, 0.05) is 17.0 Å². The van der Waals surface area contributed by atoms with Gasteiger partial charge in [-0.05, 0) is 30.5 Å². The predicted molar refractivity (Wildman–Crippen MR) is 90.6 cm³/mol. The molecule has 1 N–H and O–H groups in total. The average molecular weight is 326 g/mol. The third-order valence-electron chi connectivity index (χ3n) is 4.45. The van der Waals surface area contributed by atoms with Crippen molar-refractivity contribution in [2.45, 2.75) is 18.9 Å². The van der Waals surface area contributed by atoms with Gasteiger partial charge >= 0.3 is 0 Å². The third-order valence-corrected chi connectivity index (χ3v) is 4.80. The van der Waals surface area contributed by atoms with E-state index in [1.54, 1.807) is 0 Å². The zero-order valence-electron chi connectivity index (χ0n) is 12.5. The molecule has 0 aliphatic carbocycles. The van der Waals surface area contributed by atoms with Crippen molar-refractivity contribution >= 4 is 28.4 Å². The van der Waals surface area contributed by atoms with Crippen LogP contribution in [0.15, 0.2) is 48.5 Å². The minimum atomic E-state index is -0.0372. The van der Waals surface area contributed by atoms with Crippen molar-refractivity contribution in [1.29, 1.82) is 0 Å². The largest absolute Gasteiger partial charge is 0.330 e. The van der Waals surface area contributed by atoms with Gasteiger partial charge in [-0.2, -0.15) is 5.10 Å². The number of para-hydroxylation sites is 1. The van der Waals surface area contributed by atoms with Gasteiger partial charge in [-0.1, -0.05) is 48.0 Å². The second-order valence-corrected chi connectivity index (χ2v) is 6.20.